The molecular formula is C138H186O6. The Kier molecular flexibility index (Phi) is 70.6. The van der Waals surface area contributed by atoms with E-state index >= 15 is 0 Å². The number of benzene rings is 7. The van der Waals surface area contributed by atoms with Gasteiger partial charge < -0.3 is 28.4 Å². The molecule has 6 nitrogen and oxygen atoms in total. The van der Waals surface area contributed by atoms with Crippen molar-refractivity contribution in [2.24, 2.45) is 0 Å². The van der Waals surface area contributed by atoms with Gasteiger partial charge in [-0.3, -0.25) is 0 Å². The van der Waals surface area contributed by atoms with E-state index in [-0.39, 0.29) is 39.6 Å². The highest BCUT2D eigenvalue weighted by molar-refractivity contribution is 5.53. The largest absolute Gasteiger partial charge is 0.489 e. The molecule has 0 N–H and O–H groups in total. The van der Waals surface area contributed by atoms with Crippen molar-refractivity contribution in [3.05, 3.63) is 434 Å². The van der Waals surface area contributed by atoms with E-state index in [9.17, 15) is 0 Å². The van der Waals surface area contributed by atoms with E-state index in [0.29, 0.717) is 0 Å². The molecule has 0 bridgehead atoms. The van der Waals surface area contributed by atoms with Crippen LogP contribution in [0.15, 0.2) is 367 Å². The van der Waals surface area contributed by atoms with Crippen molar-refractivity contribution in [2.75, 3.05) is 0 Å². The molecule has 0 saturated heterocycles. The summed E-state index contributed by atoms with van der Waals surface area (Å²) in [6.45, 7) is 24.5. The van der Waals surface area contributed by atoms with Gasteiger partial charge >= 0.3 is 0 Å². The zero-order valence-electron chi connectivity index (χ0n) is 89.3. The molecule has 0 aliphatic heterocycles. The van der Waals surface area contributed by atoms with Gasteiger partial charge in [-0.25, -0.2) is 0 Å². The summed E-state index contributed by atoms with van der Waals surface area (Å²) in [4.78, 5) is 0. The molecule has 774 valence electrons. The molecule has 0 saturated carbocycles. The first-order chi connectivity index (χ1) is 71.4. The monoisotopic (exact) mass is 1940 g/mol. The second kappa shape index (κ2) is 85.0. The van der Waals surface area contributed by atoms with Crippen LogP contribution in [0.4, 0.5) is 0 Å². The van der Waals surface area contributed by atoms with Gasteiger partial charge in [0, 0.05) is 33.4 Å². The standard InChI is InChI=1S/C138H186O6/c1-7-13-19-25-31-37-43-49-55-61-67-73-79-91-121-97-85-103-127(109-121)139-115-133-134(116-140-128-104-86-98-122(110-128)92-80-74-68-62-56-50-44-38-32-26-20-14-8-2)136(118-142-130-106-88-100-124(112-130)94-82-76-70-64-58-52-46-40-34-28-22-16-10-4)138(120-144-132-108-90-102-126(114-132)96-84-78-72-66-60-54-48-42-36-30-24-18-12-6)137(119-143-131-107-89-101-125(113-131)95-83-77-71-65-59-53-47-41-35-29-23-17-11-5)135(133)117-141-129-105-87-99-123(111-129)93-81-75-69-63-57-51-45-39-33-27-21-15-9-3/h7-12,19-30,37-48,85-90,97-114H,1-6,13-18,31-36,49-84,91-96,115-120H2/b25-19-,26-20-,27-21-,28-22-,29-23-,30-24-,43-37-,44-38-,45-39-,46-40-,47-41-,48-42-. The van der Waals surface area contributed by atoms with Crippen LogP contribution in [0.2, 0.25) is 0 Å². The smallest absolute Gasteiger partial charge is 0.120 e. The van der Waals surface area contributed by atoms with Crippen molar-refractivity contribution in [3.8, 4) is 34.5 Å². The van der Waals surface area contributed by atoms with Gasteiger partial charge in [-0.2, -0.15) is 0 Å². The Morgan fingerprint density at radius 3 is 0.431 bits per heavy atom. The number of aryl methyl sites for hydroxylation is 6. The summed E-state index contributed by atoms with van der Waals surface area (Å²) in [6, 6.07) is 53.2. The zero-order valence-corrected chi connectivity index (χ0v) is 89.3. The highest BCUT2D eigenvalue weighted by atomic mass is 16.5. The van der Waals surface area contributed by atoms with Gasteiger partial charge in [-0.1, -0.05) is 371 Å². The fourth-order valence-electron chi connectivity index (χ4n) is 18.0. The normalized spacial score (nSPS) is 12.0. The maximum atomic E-state index is 7.46. The van der Waals surface area contributed by atoms with Crippen LogP contribution in [0.25, 0.3) is 0 Å². The lowest BCUT2D eigenvalue weighted by Gasteiger charge is -2.28. The molecule has 0 heterocycles. The van der Waals surface area contributed by atoms with Crippen molar-refractivity contribution in [3.63, 3.8) is 0 Å². The second-order valence-electron chi connectivity index (χ2n) is 38.5. The Hall–Kier alpha value is -11.3. The first-order valence-electron chi connectivity index (χ1n) is 56.3. The van der Waals surface area contributed by atoms with Crippen molar-refractivity contribution in [1.29, 1.82) is 0 Å². The predicted octanol–water partition coefficient (Wildman–Crippen LogP) is 40.9. The first kappa shape index (κ1) is 120. The van der Waals surface area contributed by atoms with Gasteiger partial charge in [0.1, 0.15) is 74.1 Å². The summed E-state index contributed by atoms with van der Waals surface area (Å²) >= 11 is 0. The van der Waals surface area contributed by atoms with Gasteiger partial charge in [0.15, 0.2) is 0 Å². The van der Waals surface area contributed by atoms with Crippen molar-refractivity contribution in [2.45, 2.75) is 386 Å². The van der Waals surface area contributed by atoms with Crippen LogP contribution in [0.5, 0.6) is 34.5 Å². The van der Waals surface area contributed by atoms with Crippen LogP contribution in [-0.2, 0) is 78.2 Å². The molecule has 7 aromatic rings. The fourth-order valence-corrected chi connectivity index (χ4v) is 18.0. The number of hydrogen-bond acceptors (Lipinski definition) is 6. The molecule has 0 aliphatic rings. The highest BCUT2D eigenvalue weighted by Crippen LogP contribution is 2.38. The molecule has 144 heavy (non-hydrogen) atoms. The molecule has 0 atom stereocenters. The maximum Gasteiger partial charge on any atom is 0.120 e. The van der Waals surface area contributed by atoms with Crippen LogP contribution in [0.3, 0.4) is 0 Å². The topological polar surface area (TPSA) is 55.4 Å². The molecule has 0 unspecified atom stereocenters. The Morgan fingerprint density at radius 1 is 0.146 bits per heavy atom. The third kappa shape index (κ3) is 59.2. The Labute approximate surface area is 877 Å². The second-order valence-corrected chi connectivity index (χ2v) is 38.5. The molecule has 7 aromatic carbocycles. The van der Waals surface area contributed by atoms with Crippen molar-refractivity contribution < 1.29 is 28.4 Å². The van der Waals surface area contributed by atoms with Crippen molar-refractivity contribution in [1.82, 2.24) is 0 Å². The van der Waals surface area contributed by atoms with Crippen LogP contribution in [0, 0.1) is 0 Å². The number of rotatable bonds is 90. The van der Waals surface area contributed by atoms with Crippen LogP contribution >= 0.6 is 0 Å². The molecule has 7 rings (SSSR count). The number of hydrogen-bond donors (Lipinski definition) is 0. The summed E-state index contributed by atoms with van der Waals surface area (Å²) in [5.74, 6) is 4.96. The van der Waals surface area contributed by atoms with Crippen LogP contribution in [0.1, 0.15) is 375 Å². The SMILES string of the molecule is C=CC/C=C\C/C=C\CCCCCCCc1cccc(OCc2c(COc3cccc(CCCCCCC/C=C\C/C=C\CC=C)c3)c(COc3cccc(CCCCCCC/C=C\C/C=C\CC=C)c3)c(COc3cccc(CCCCCCC/C=C\C/C=C\CC=C)c3)c(COc3cccc(CCCCCCC/C=C\C/C=C\CC=C)c3)c2COc2cccc(CCCCCCC/C=C\C/C=C\CC=C)c2)c1. The van der Waals surface area contributed by atoms with Gasteiger partial charge in [-0.15, -0.1) is 39.5 Å². The summed E-state index contributed by atoms with van der Waals surface area (Å²) in [7, 11) is 0. The van der Waals surface area contributed by atoms with Gasteiger partial charge in [0.05, 0.1) is 0 Å². The minimum Gasteiger partial charge on any atom is -0.489 e. The van der Waals surface area contributed by atoms with E-state index in [0.717, 1.165) is 261 Å². The van der Waals surface area contributed by atoms with Crippen LogP contribution < -0.4 is 28.4 Å². The van der Waals surface area contributed by atoms with Gasteiger partial charge in [0.25, 0.3) is 0 Å². The molecule has 0 amide bonds. The van der Waals surface area contributed by atoms with Gasteiger partial charge in [0.2, 0.25) is 0 Å². The highest BCUT2D eigenvalue weighted by Gasteiger charge is 2.28. The number of allylic oxidation sites excluding steroid dienone is 30. The molecule has 0 radical (unpaired) electrons. The molecule has 0 fully saturated rings. The third-order valence-electron chi connectivity index (χ3n) is 26.3. The molecule has 6 heteroatoms. The minimum absolute atomic E-state index is 0.225. The Morgan fingerprint density at radius 2 is 0.278 bits per heavy atom. The van der Waals surface area contributed by atoms with Crippen LogP contribution in [-0.4, -0.2) is 0 Å². The average molecular weight is 1940 g/mol. The van der Waals surface area contributed by atoms with E-state index in [4.69, 9.17) is 28.4 Å². The van der Waals surface area contributed by atoms with E-state index in [1.807, 2.05) is 36.5 Å². The Bertz CT molecular complexity index is 4140. The summed E-state index contributed by atoms with van der Waals surface area (Å²) in [5, 5.41) is 0. The molecule has 0 spiro atoms. The third-order valence-corrected chi connectivity index (χ3v) is 26.3. The minimum atomic E-state index is 0.225. The molecular weight excluding hydrogens is 1750 g/mol. The molecule has 0 aromatic heterocycles. The summed E-state index contributed by atoms with van der Waals surface area (Å²) < 4.78 is 44.7. The summed E-state index contributed by atoms with van der Waals surface area (Å²) in [6.07, 6.45) is 126. The van der Waals surface area contributed by atoms with E-state index in [1.54, 1.807) is 0 Å². The first-order valence-corrected chi connectivity index (χ1v) is 56.3. The van der Waals surface area contributed by atoms with E-state index < -0.39 is 0 Å². The maximum absolute atomic E-state index is 7.46. The summed E-state index contributed by atoms with van der Waals surface area (Å²) in [5.41, 5.74) is 13.6. The Balaban J connectivity index is 1.33. The lowest BCUT2D eigenvalue weighted by atomic mass is 9.87. The molecule has 0 aliphatic carbocycles. The lowest BCUT2D eigenvalue weighted by Crippen LogP contribution is -2.21. The lowest BCUT2D eigenvalue weighted by molar-refractivity contribution is 0.249. The number of ether oxygens (including phenoxy) is 6. The average Bonchev–Trinajstić information content (AvgIpc) is 0.759. The quantitative estimate of drug-likeness (QED) is 0.0280. The van der Waals surface area contributed by atoms with E-state index in [2.05, 4.69) is 331 Å². The predicted molar refractivity (Wildman–Crippen MR) is 626 cm³/mol. The van der Waals surface area contributed by atoms with Crippen molar-refractivity contribution >= 4 is 0 Å². The fraction of sp³-hybridized carbons (Fsp3) is 0.435. The number of unbranched alkanes of at least 4 members (excludes halogenated alkanes) is 30. The van der Waals surface area contributed by atoms with Gasteiger partial charge in [-0.05, 0) is 337 Å². The zero-order chi connectivity index (χ0) is 101. The van der Waals surface area contributed by atoms with E-state index in [1.165, 1.54) is 187 Å².